The molecule has 1 aliphatic heterocycles. The van der Waals surface area contributed by atoms with Gasteiger partial charge in [0.05, 0.1) is 18.9 Å². The van der Waals surface area contributed by atoms with Crippen molar-refractivity contribution in [3.05, 3.63) is 84.2 Å². The van der Waals surface area contributed by atoms with Crippen molar-refractivity contribution in [1.82, 2.24) is 4.98 Å². The highest BCUT2D eigenvalue weighted by molar-refractivity contribution is 5.97. The van der Waals surface area contributed by atoms with Gasteiger partial charge >= 0.3 is 0 Å². The molecule has 2 heterocycles. The molecule has 5 heteroatoms. The van der Waals surface area contributed by atoms with Crippen LogP contribution in [0.25, 0.3) is 0 Å². The van der Waals surface area contributed by atoms with Crippen LogP contribution in [0.2, 0.25) is 0 Å². The quantitative estimate of drug-likeness (QED) is 0.485. The first-order chi connectivity index (χ1) is 14.6. The molecule has 2 aromatic carbocycles. The fraction of sp³-hybridized carbons (Fsp3) is 0.280. The number of hydrogen-bond donors (Lipinski definition) is 1. The smallest absolute Gasteiger partial charge is 0.162 e. The van der Waals surface area contributed by atoms with Crippen molar-refractivity contribution in [3.8, 4) is 5.75 Å². The molecule has 30 heavy (non-hydrogen) atoms. The minimum atomic E-state index is 0.159. The molecule has 1 N–H and O–H groups in total. The van der Waals surface area contributed by atoms with E-state index >= 15 is 0 Å². The molecular weight excluding hydrogens is 376 g/mol. The Balaban J connectivity index is 1.32. The second kappa shape index (κ2) is 9.09. The number of benzene rings is 2. The number of nitrogens with one attached hydrogen (secondary N) is 1. The average molecular weight is 402 g/mol. The second-order valence-electron chi connectivity index (χ2n) is 8.07. The van der Waals surface area contributed by atoms with E-state index in [1.165, 1.54) is 0 Å². The molecule has 4 rings (SSSR count). The molecule has 0 radical (unpaired) electrons. The van der Waals surface area contributed by atoms with Crippen LogP contribution in [-0.4, -0.2) is 24.0 Å². The first-order valence-corrected chi connectivity index (χ1v) is 10.2. The van der Waals surface area contributed by atoms with Gasteiger partial charge in [0, 0.05) is 35.0 Å². The highest BCUT2D eigenvalue weighted by Gasteiger charge is 2.33. The average Bonchev–Trinajstić information content (AvgIpc) is 2.76. The number of carbonyl (C=O) groups excluding carboxylic acids is 1. The predicted molar refractivity (Wildman–Crippen MR) is 117 cm³/mol. The Morgan fingerprint density at radius 1 is 1.07 bits per heavy atom. The van der Waals surface area contributed by atoms with Gasteiger partial charge in [-0.15, -0.1) is 0 Å². The van der Waals surface area contributed by atoms with Gasteiger partial charge in [-0.25, -0.2) is 0 Å². The molecule has 154 valence electrons. The van der Waals surface area contributed by atoms with Crippen molar-refractivity contribution in [3.63, 3.8) is 0 Å². The lowest BCUT2D eigenvalue weighted by Crippen LogP contribution is -2.39. The number of anilines is 2. The Labute approximate surface area is 177 Å². The lowest BCUT2D eigenvalue weighted by atomic mass is 9.82. The third kappa shape index (κ3) is 5.24. The number of aromatic nitrogens is 1. The Kier molecular flexibility index (Phi) is 6.10. The molecule has 0 amide bonds. The molecule has 0 saturated carbocycles. The van der Waals surface area contributed by atoms with Crippen molar-refractivity contribution in [2.24, 2.45) is 5.41 Å². The van der Waals surface area contributed by atoms with E-state index in [4.69, 9.17) is 9.47 Å². The van der Waals surface area contributed by atoms with E-state index < -0.39 is 0 Å². The second-order valence-corrected chi connectivity index (χ2v) is 8.07. The van der Waals surface area contributed by atoms with Gasteiger partial charge in [-0.05, 0) is 55.0 Å². The number of ketones is 1. The maximum absolute atomic E-state index is 12.6. The van der Waals surface area contributed by atoms with Crippen LogP contribution in [-0.2, 0) is 11.3 Å². The third-order valence-electron chi connectivity index (χ3n) is 5.30. The summed E-state index contributed by atoms with van der Waals surface area (Å²) in [5.41, 5.74) is 3.61. The Hall–Kier alpha value is -3.18. The zero-order valence-corrected chi connectivity index (χ0v) is 17.1. The van der Waals surface area contributed by atoms with E-state index in [0.29, 0.717) is 13.0 Å². The number of pyridine rings is 1. The van der Waals surface area contributed by atoms with Crippen LogP contribution >= 0.6 is 0 Å². The molecule has 0 spiro atoms. The van der Waals surface area contributed by atoms with Gasteiger partial charge in [0.1, 0.15) is 12.4 Å². The number of ether oxygens (including phenoxy) is 2. The van der Waals surface area contributed by atoms with Crippen LogP contribution in [0.3, 0.4) is 0 Å². The monoisotopic (exact) mass is 402 g/mol. The van der Waals surface area contributed by atoms with E-state index in [0.717, 1.165) is 48.0 Å². The topological polar surface area (TPSA) is 60.5 Å². The van der Waals surface area contributed by atoms with Crippen molar-refractivity contribution >= 4 is 17.2 Å². The van der Waals surface area contributed by atoms with E-state index in [1.807, 2.05) is 66.7 Å². The summed E-state index contributed by atoms with van der Waals surface area (Å²) in [6.07, 6.45) is 3.17. The van der Waals surface area contributed by atoms with Crippen molar-refractivity contribution in [1.29, 1.82) is 0 Å². The van der Waals surface area contributed by atoms with Crippen molar-refractivity contribution < 1.29 is 14.3 Å². The van der Waals surface area contributed by atoms with Gasteiger partial charge in [-0.2, -0.15) is 0 Å². The molecule has 3 aromatic rings. The van der Waals surface area contributed by atoms with Crippen molar-refractivity contribution in [2.75, 3.05) is 18.5 Å². The zero-order valence-electron chi connectivity index (χ0n) is 17.1. The van der Waals surface area contributed by atoms with E-state index in [1.54, 1.807) is 6.20 Å². The highest BCUT2D eigenvalue weighted by atomic mass is 16.5. The maximum Gasteiger partial charge on any atom is 0.162 e. The summed E-state index contributed by atoms with van der Waals surface area (Å²) in [5, 5.41) is 3.35. The van der Waals surface area contributed by atoms with Gasteiger partial charge in [0.25, 0.3) is 0 Å². The first-order valence-electron chi connectivity index (χ1n) is 10.2. The molecule has 0 bridgehead atoms. The van der Waals surface area contributed by atoms with Crippen LogP contribution in [0, 0.1) is 5.41 Å². The highest BCUT2D eigenvalue weighted by Crippen LogP contribution is 2.32. The van der Waals surface area contributed by atoms with Gasteiger partial charge in [0.2, 0.25) is 0 Å². The van der Waals surface area contributed by atoms with E-state index in [-0.39, 0.29) is 11.2 Å². The van der Waals surface area contributed by atoms with Crippen molar-refractivity contribution in [2.45, 2.75) is 26.4 Å². The Morgan fingerprint density at radius 3 is 2.60 bits per heavy atom. The van der Waals surface area contributed by atoms with Gasteiger partial charge in [-0.3, -0.25) is 9.78 Å². The molecule has 5 nitrogen and oxygen atoms in total. The maximum atomic E-state index is 12.6. The van der Waals surface area contributed by atoms with Crippen LogP contribution in [0.4, 0.5) is 11.4 Å². The fourth-order valence-corrected chi connectivity index (χ4v) is 3.37. The summed E-state index contributed by atoms with van der Waals surface area (Å²) < 4.78 is 11.0. The van der Waals surface area contributed by atoms with Gasteiger partial charge in [0.15, 0.2) is 5.78 Å². The fourth-order valence-electron chi connectivity index (χ4n) is 3.37. The normalized spacial score (nSPS) is 14.6. The standard InChI is InChI=1S/C25H26N2O3/c1-25(17-29-18-25)13-12-24(28)19-5-4-7-21(15-19)27-20-8-10-23(11-9-20)30-16-22-6-2-3-14-26-22/h2-11,14-15,27H,12-13,16-18H2,1H3. The number of carbonyl (C=O) groups is 1. The third-order valence-corrected chi connectivity index (χ3v) is 5.30. The minimum absolute atomic E-state index is 0.159. The van der Waals surface area contributed by atoms with Gasteiger partial charge in [-0.1, -0.05) is 25.1 Å². The van der Waals surface area contributed by atoms with Gasteiger partial charge < -0.3 is 14.8 Å². The van der Waals surface area contributed by atoms with Crippen LogP contribution in [0.5, 0.6) is 5.75 Å². The summed E-state index contributed by atoms with van der Waals surface area (Å²) in [7, 11) is 0. The molecule has 1 saturated heterocycles. The summed E-state index contributed by atoms with van der Waals surface area (Å²) in [5.74, 6) is 0.952. The lowest BCUT2D eigenvalue weighted by molar-refractivity contribution is -0.105. The van der Waals surface area contributed by atoms with Crippen LogP contribution < -0.4 is 10.1 Å². The number of hydrogen-bond acceptors (Lipinski definition) is 5. The Morgan fingerprint density at radius 2 is 1.90 bits per heavy atom. The molecule has 1 fully saturated rings. The largest absolute Gasteiger partial charge is 0.487 e. The van der Waals surface area contributed by atoms with Crippen LogP contribution in [0.15, 0.2) is 72.9 Å². The molecule has 1 aliphatic rings. The lowest BCUT2D eigenvalue weighted by Gasteiger charge is -2.37. The first kappa shape index (κ1) is 20.1. The van der Waals surface area contributed by atoms with Crippen LogP contribution in [0.1, 0.15) is 35.8 Å². The summed E-state index contributed by atoms with van der Waals surface area (Å²) >= 11 is 0. The summed E-state index contributed by atoms with van der Waals surface area (Å²) in [4.78, 5) is 16.8. The molecule has 0 unspecified atom stereocenters. The van der Waals surface area contributed by atoms with E-state index in [9.17, 15) is 4.79 Å². The zero-order chi connectivity index (χ0) is 20.8. The Bertz CT molecular complexity index is 983. The number of Topliss-reactive ketones (excluding diaryl/α,β-unsaturated/α-hetero) is 1. The molecule has 1 aromatic heterocycles. The summed E-state index contributed by atoms with van der Waals surface area (Å²) in [6.45, 7) is 4.11. The summed E-state index contributed by atoms with van der Waals surface area (Å²) in [6, 6.07) is 21.2. The predicted octanol–water partition coefficient (Wildman–Crippen LogP) is 5.40. The molecular formula is C25H26N2O3. The molecule has 0 aliphatic carbocycles. The SMILES string of the molecule is CC1(CCC(=O)c2cccc(Nc3ccc(OCc4ccccn4)cc3)c2)COC1. The molecule has 0 atom stereocenters. The minimum Gasteiger partial charge on any atom is -0.487 e. The number of rotatable bonds is 9. The number of nitrogens with zero attached hydrogens (tertiary/aromatic N) is 1. The van der Waals surface area contributed by atoms with E-state index in [2.05, 4.69) is 17.2 Å².